The Bertz CT molecular complexity index is 894. The fraction of sp³-hybridized carbons (Fsp3) is 0.846. The maximum Gasteiger partial charge on any atom is 0.434 e. The van der Waals surface area contributed by atoms with Gasteiger partial charge in [0, 0.05) is 0 Å². The lowest BCUT2D eigenvalue weighted by Crippen LogP contribution is -2.46. The Labute approximate surface area is 211 Å². The van der Waals surface area contributed by atoms with Gasteiger partial charge >= 0.3 is 24.3 Å². The normalized spacial score (nSPS) is 38.6. The predicted octanol–water partition coefficient (Wildman–Crippen LogP) is 5.77. The maximum atomic E-state index is 12.6. The zero-order chi connectivity index (χ0) is 26.7. The number of halogens is 6. The molecule has 0 amide bonds. The molecule has 5 fully saturated rings. The molecule has 37 heavy (non-hydrogen) atoms. The van der Waals surface area contributed by atoms with Crippen LogP contribution in [0.5, 0.6) is 0 Å². The summed E-state index contributed by atoms with van der Waals surface area (Å²) in [4.78, 5) is 24.5. The Balaban J connectivity index is 1.03. The summed E-state index contributed by atoms with van der Waals surface area (Å²) in [5.41, 5.74) is 0.173. The molecule has 5 saturated carbocycles. The molecule has 7 unspecified atom stereocenters. The van der Waals surface area contributed by atoms with Crippen molar-refractivity contribution in [3.05, 3.63) is 12.2 Å². The van der Waals surface area contributed by atoms with Gasteiger partial charge in [0.2, 0.25) is 0 Å². The molecule has 0 aliphatic heterocycles. The molecule has 11 heteroatoms. The molecule has 5 aliphatic carbocycles. The largest absolute Gasteiger partial charge is 0.459 e. The minimum Gasteiger partial charge on any atom is -0.459 e. The highest BCUT2D eigenvalue weighted by atomic mass is 19.4. The lowest BCUT2D eigenvalue weighted by atomic mass is 9.70. The summed E-state index contributed by atoms with van der Waals surface area (Å²) in [6, 6.07) is 0. The second-order valence-corrected chi connectivity index (χ2v) is 11.6. The van der Waals surface area contributed by atoms with Gasteiger partial charge in [-0.15, -0.1) is 0 Å². The molecule has 0 aromatic heterocycles. The van der Waals surface area contributed by atoms with Crippen LogP contribution in [0.4, 0.5) is 26.3 Å². The Hall–Kier alpha value is -1.78. The van der Waals surface area contributed by atoms with E-state index in [0.29, 0.717) is 5.92 Å². The van der Waals surface area contributed by atoms with Crippen LogP contribution in [0, 0.1) is 41.4 Å². The van der Waals surface area contributed by atoms with Gasteiger partial charge in [0.05, 0.1) is 24.2 Å². The standard InChI is InChI=1S/C26H32F6O5/c1-12(11-35-19-10-16-9-18(19)21-15-3-2-14(8-15)20(16)21)22(33)36-17-6-4-13(5-7-17)23(34)37-24(25(27,28)29)26(30,31)32/h13-21,24H,1-11H2. The summed E-state index contributed by atoms with van der Waals surface area (Å²) in [6.07, 6.45) is -9.67. The molecule has 0 aromatic rings. The first kappa shape index (κ1) is 26.8. The van der Waals surface area contributed by atoms with E-state index in [0.717, 1.165) is 36.0 Å². The van der Waals surface area contributed by atoms with Gasteiger partial charge in [0.25, 0.3) is 6.10 Å². The van der Waals surface area contributed by atoms with Crippen LogP contribution in [0.15, 0.2) is 12.2 Å². The maximum absolute atomic E-state index is 12.6. The molecule has 5 rings (SSSR count). The molecule has 7 atom stereocenters. The van der Waals surface area contributed by atoms with Crippen molar-refractivity contribution in [3.8, 4) is 0 Å². The van der Waals surface area contributed by atoms with E-state index < -0.39 is 42.4 Å². The summed E-state index contributed by atoms with van der Waals surface area (Å²) >= 11 is 0. The average Bonchev–Trinajstić information content (AvgIpc) is 3.60. The highest BCUT2D eigenvalue weighted by Gasteiger charge is 2.63. The van der Waals surface area contributed by atoms with Crippen molar-refractivity contribution >= 4 is 11.9 Å². The van der Waals surface area contributed by atoms with Gasteiger partial charge in [-0.3, -0.25) is 4.79 Å². The molecule has 5 nitrogen and oxygen atoms in total. The molecule has 0 N–H and O–H groups in total. The van der Waals surface area contributed by atoms with Gasteiger partial charge < -0.3 is 14.2 Å². The molecular weight excluding hydrogens is 506 g/mol. The first-order chi connectivity index (χ1) is 17.3. The van der Waals surface area contributed by atoms with Crippen LogP contribution in [0.1, 0.15) is 57.8 Å². The minimum absolute atomic E-state index is 0.0436. The third-order valence-electron chi connectivity index (χ3n) is 9.54. The Kier molecular flexibility index (Phi) is 7.07. The van der Waals surface area contributed by atoms with E-state index in [1.165, 1.54) is 25.7 Å². The average molecular weight is 539 g/mol. The third kappa shape index (κ3) is 5.26. The number of fused-ring (bicyclic) bond motifs is 9. The SMILES string of the molecule is C=C(COC1CC2CC1C1C3CCC(C3)C21)C(=O)OC1CCC(C(=O)OC(C(F)(F)F)C(F)(F)F)CC1. The molecule has 4 bridgehead atoms. The number of hydrogen-bond donors (Lipinski definition) is 0. The number of esters is 2. The highest BCUT2D eigenvalue weighted by molar-refractivity contribution is 5.88. The molecule has 5 aliphatic rings. The topological polar surface area (TPSA) is 61.8 Å². The van der Waals surface area contributed by atoms with E-state index in [1.54, 1.807) is 0 Å². The van der Waals surface area contributed by atoms with Crippen molar-refractivity contribution in [2.24, 2.45) is 41.4 Å². The lowest BCUT2D eigenvalue weighted by molar-refractivity contribution is -0.314. The van der Waals surface area contributed by atoms with E-state index in [1.807, 2.05) is 0 Å². The Morgan fingerprint density at radius 1 is 0.811 bits per heavy atom. The fourth-order valence-corrected chi connectivity index (χ4v) is 8.15. The quantitative estimate of drug-likeness (QED) is 0.178. The van der Waals surface area contributed by atoms with E-state index in [2.05, 4.69) is 11.3 Å². The van der Waals surface area contributed by atoms with Crippen molar-refractivity contribution in [2.75, 3.05) is 6.61 Å². The second-order valence-electron chi connectivity index (χ2n) is 11.6. The van der Waals surface area contributed by atoms with Gasteiger partial charge in [-0.2, -0.15) is 26.3 Å². The van der Waals surface area contributed by atoms with Crippen molar-refractivity contribution in [2.45, 2.75) is 88.5 Å². The summed E-state index contributed by atoms with van der Waals surface area (Å²) in [6.45, 7) is 3.85. The van der Waals surface area contributed by atoms with Gasteiger partial charge in [0.1, 0.15) is 6.10 Å². The Morgan fingerprint density at radius 3 is 2.05 bits per heavy atom. The summed E-state index contributed by atoms with van der Waals surface area (Å²) in [5.74, 6) is 1.30. The number of carbonyl (C=O) groups excluding carboxylic acids is 2. The van der Waals surface area contributed by atoms with Crippen LogP contribution >= 0.6 is 0 Å². The minimum atomic E-state index is -5.75. The fourth-order valence-electron chi connectivity index (χ4n) is 8.15. The van der Waals surface area contributed by atoms with Crippen LogP contribution in [0.3, 0.4) is 0 Å². The van der Waals surface area contributed by atoms with Gasteiger partial charge in [-0.1, -0.05) is 6.58 Å². The molecule has 0 radical (unpaired) electrons. The number of carbonyl (C=O) groups is 2. The van der Waals surface area contributed by atoms with Crippen molar-refractivity contribution < 1.29 is 50.1 Å². The van der Waals surface area contributed by atoms with E-state index in [9.17, 15) is 35.9 Å². The van der Waals surface area contributed by atoms with Crippen LogP contribution in [-0.2, 0) is 23.8 Å². The predicted molar refractivity (Wildman–Crippen MR) is 117 cm³/mol. The zero-order valence-corrected chi connectivity index (χ0v) is 20.4. The number of alkyl halides is 6. The molecule has 0 aromatic carbocycles. The van der Waals surface area contributed by atoms with E-state index in [4.69, 9.17) is 9.47 Å². The van der Waals surface area contributed by atoms with Crippen LogP contribution < -0.4 is 0 Å². The first-order valence-corrected chi connectivity index (χ1v) is 13.2. The monoisotopic (exact) mass is 538 g/mol. The van der Waals surface area contributed by atoms with E-state index >= 15 is 0 Å². The number of ether oxygens (including phenoxy) is 3. The number of hydrogen-bond acceptors (Lipinski definition) is 5. The first-order valence-electron chi connectivity index (χ1n) is 13.2. The van der Waals surface area contributed by atoms with Gasteiger partial charge in [-0.25, -0.2) is 4.79 Å². The summed E-state index contributed by atoms with van der Waals surface area (Å²) in [7, 11) is 0. The Morgan fingerprint density at radius 2 is 1.43 bits per heavy atom. The van der Waals surface area contributed by atoms with Crippen molar-refractivity contribution in [1.29, 1.82) is 0 Å². The molecule has 0 spiro atoms. The second kappa shape index (κ2) is 9.75. The molecule has 0 heterocycles. The van der Waals surface area contributed by atoms with Crippen LogP contribution in [0.2, 0.25) is 0 Å². The summed E-state index contributed by atoms with van der Waals surface area (Å²) in [5, 5.41) is 0. The van der Waals surface area contributed by atoms with Gasteiger partial charge in [0.15, 0.2) is 0 Å². The van der Waals surface area contributed by atoms with Crippen molar-refractivity contribution in [3.63, 3.8) is 0 Å². The number of rotatable bonds is 7. The summed E-state index contributed by atoms with van der Waals surface area (Å²) < 4.78 is 91.2. The molecule has 208 valence electrons. The van der Waals surface area contributed by atoms with E-state index in [-0.39, 0.29) is 44.0 Å². The van der Waals surface area contributed by atoms with Crippen LogP contribution in [-0.4, -0.2) is 49.2 Å². The molecular formula is C26H32F6O5. The van der Waals surface area contributed by atoms with Crippen molar-refractivity contribution in [1.82, 2.24) is 0 Å². The van der Waals surface area contributed by atoms with Crippen LogP contribution in [0.25, 0.3) is 0 Å². The zero-order valence-electron chi connectivity index (χ0n) is 20.4. The smallest absolute Gasteiger partial charge is 0.434 e. The third-order valence-corrected chi connectivity index (χ3v) is 9.54. The highest BCUT2D eigenvalue weighted by Crippen LogP contribution is 2.67. The lowest BCUT2D eigenvalue weighted by Gasteiger charge is -2.38. The van der Waals surface area contributed by atoms with Gasteiger partial charge in [-0.05, 0) is 93.3 Å². The molecule has 0 saturated heterocycles.